The van der Waals surface area contributed by atoms with E-state index in [0.717, 1.165) is 35.8 Å². The highest BCUT2D eigenvalue weighted by Crippen LogP contribution is 2.35. The molecule has 0 unspecified atom stereocenters. The second-order valence-corrected chi connectivity index (χ2v) is 7.20. The number of anilines is 1. The zero-order valence-corrected chi connectivity index (χ0v) is 16.1. The fraction of sp³-hybridized carbons (Fsp3) is 0.474. The minimum atomic E-state index is -0.00888. The number of carbonyl (C=O) groups excluding carboxylic acids is 1. The molecule has 140 valence electrons. The van der Waals surface area contributed by atoms with Gasteiger partial charge in [0, 0.05) is 10.9 Å². The molecule has 1 aliphatic rings. The highest BCUT2D eigenvalue weighted by atomic mass is 32.1. The van der Waals surface area contributed by atoms with Crippen molar-refractivity contribution in [2.75, 3.05) is 39.2 Å². The van der Waals surface area contributed by atoms with Crippen molar-refractivity contribution in [1.82, 2.24) is 9.88 Å². The third-order valence-electron chi connectivity index (χ3n) is 4.50. The quantitative estimate of drug-likeness (QED) is 0.835. The number of nitrogens with zero attached hydrogens (tertiary/aromatic N) is 2. The van der Waals surface area contributed by atoms with Gasteiger partial charge >= 0.3 is 0 Å². The SMILES string of the molecule is COc1ccc(OC)c(-c2csc(NC(=O)CN3CCCCCC3)n2)c1. The fourth-order valence-electron chi connectivity index (χ4n) is 3.13. The molecule has 0 bridgehead atoms. The lowest BCUT2D eigenvalue weighted by Crippen LogP contribution is -2.33. The van der Waals surface area contributed by atoms with Gasteiger partial charge in [0.1, 0.15) is 11.5 Å². The van der Waals surface area contributed by atoms with E-state index in [1.165, 1.54) is 37.0 Å². The number of hydrogen-bond donors (Lipinski definition) is 1. The molecule has 1 saturated heterocycles. The number of ether oxygens (including phenoxy) is 2. The predicted molar refractivity (Wildman–Crippen MR) is 104 cm³/mol. The second-order valence-electron chi connectivity index (χ2n) is 6.34. The van der Waals surface area contributed by atoms with Gasteiger partial charge in [0.25, 0.3) is 0 Å². The number of likely N-dealkylation sites (tertiary alicyclic amines) is 1. The maximum absolute atomic E-state index is 12.3. The van der Waals surface area contributed by atoms with Crippen molar-refractivity contribution < 1.29 is 14.3 Å². The van der Waals surface area contributed by atoms with Crippen molar-refractivity contribution in [3.05, 3.63) is 23.6 Å². The number of methoxy groups -OCH3 is 2. The number of carbonyl (C=O) groups is 1. The average Bonchev–Trinajstić information content (AvgIpc) is 2.96. The van der Waals surface area contributed by atoms with Crippen LogP contribution in [0.4, 0.5) is 5.13 Å². The summed E-state index contributed by atoms with van der Waals surface area (Å²) in [7, 11) is 3.25. The monoisotopic (exact) mass is 375 g/mol. The Bertz CT molecular complexity index is 739. The maximum atomic E-state index is 12.3. The molecule has 0 aliphatic carbocycles. The van der Waals surface area contributed by atoms with Crippen LogP contribution in [0.5, 0.6) is 11.5 Å². The summed E-state index contributed by atoms with van der Waals surface area (Å²) in [6, 6.07) is 5.58. The van der Waals surface area contributed by atoms with Crippen LogP contribution in [0.3, 0.4) is 0 Å². The first-order valence-corrected chi connectivity index (χ1v) is 9.77. The van der Waals surface area contributed by atoms with E-state index in [2.05, 4.69) is 15.2 Å². The first-order chi connectivity index (χ1) is 12.7. The molecule has 26 heavy (non-hydrogen) atoms. The molecule has 1 amide bonds. The first kappa shape index (κ1) is 18.7. The van der Waals surface area contributed by atoms with Crippen LogP contribution in [-0.4, -0.2) is 49.6 Å². The van der Waals surface area contributed by atoms with Gasteiger partial charge in [-0.15, -0.1) is 11.3 Å². The van der Waals surface area contributed by atoms with Gasteiger partial charge in [0.05, 0.1) is 26.5 Å². The van der Waals surface area contributed by atoms with Crippen molar-refractivity contribution in [1.29, 1.82) is 0 Å². The zero-order valence-electron chi connectivity index (χ0n) is 15.3. The molecule has 1 N–H and O–H groups in total. The summed E-state index contributed by atoms with van der Waals surface area (Å²) < 4.78 is 10.7. The summed E-state index contributed by atoms with van der Waals surface area (Å²) in [4.78, 5) is 19.1. The van der Waals surface area contributed by atoms with Gasteiger partial charge in [0.15, 0.2) is 5.13 Å². The van der Waals surface area contributed by atoms with Crippen LogP contribution in [-0.2, 0) is 4.79 Å². The highest BCUT2D eigenvalue weighted by Gasteiger charge is 2.16. The number of nitrogens with one attached hydrogen (secondary N) is 1. The summed E-state index contributed by atoms with van der Waals surface area (Å²) >= 11 is 1.41. The summed E-state index contributed by atoms with van der Waals surface area (Å²) in [5, 5.41) is 5.44. The predicted octanol–water partition coefficient (Wildman–Crippen LogP) is 3.64. The number of hydrogen-bond acceptors (Lipinski definition) is 6. The lowest BCUT2D eigenvalue weighted by atomic mass is 10.1. The van der Waals surface area contributed by atoms with Gasteiger partial charge < -0.3 is 14.8 Å². The molecule has 2 heterocycles. The van der Waals surface area contributed by atoms with Gasteiger partial charge in [0.2, 0.25) is 5.91 Å². The molecule has 1 aromatic heterocycles. The molecule has 0 saturated carbocycles. The van der Waals surface area contributed by atoms with Crippen LogP contribution in [0, 0.1) is 0 Å². The summed E-state index contributed by atoms with van der Waals surface area (Å²) in [5.74, 6) is 1.45. The van der Waals surface area contributed by atoms with E-state index in [0.29, 0.717) is 11.7 Å². The van der Waals surface area contributed by atoms with E-state index >= 15 is 0 Å². The minimum Gasteiger partial charge on any atom is -0.497 e. The molecule has 6 nitrogen and oxygen atoms in total. The smallest absolute Gasteiger partial charge is 0.240 e. The third kappa shape index (κ3) is 4.74. The fourth-order valence-corrected chi connectivity index (χ4v) is 3.85. The molecule has 0 radical (unpaired) electrons. The molecule has 3 rings (SSSR count). The molecular weight excluding hydrogens is 350 g/mol. The molecule has 0 spiro atoms. The Labute approximate surface area is 158 Å². The van der Waals surface area contributed by atoms with Crippen LogP contribution in [0.15, 0.2) is 23.6 Å². The van der Waals surface area contributed by atoms with Gasteiger partial charge in [-0.3, -0.25) is 9.69 Å². The Morgan fingerprint density at radius 1 is 1.19 bits per heavy atom. The van der Waals surface area contributed by atoms with Gasteiger partial charge in [-0.2, -0.15) is 0 Å². The molecule has 2 aromatic rings. The van der Waals surface area contributed by atoms with Crippen LogP contribution < -0.4 is 14.8 Å². The van der Waals surface area contributed by atoms with E-state index in [1.54, 1.807) is 14.2 Å². The summed E-state index contributed by atoms with van der Waals surface area (Å²) in [5.41, 5.74) is 1.60. The van der Waals surface area contributed by atoms with Crippen LogP contribution in [0.1, 0.15) is 25.7 Å². The second kappa shape index (κ2) is 9.00. The van der Waals surface area contributed by atoms with Crippen molar-refractivity contribution in [2.24, 2.45) is 0 Å². The molecule has 7 heteroatoms. The largest absolute Gasteiger partial charge is 0.497 e. The summed E-state index contributed by atoms with van der Waals surface area (Å²) in [6.07, 6.45) is 4.86. The van der Waals surface area contributed by atoms with Crippen molar-refractivity contribution in [3.63, 3.8) is 0 Å². The Hall–Kier alpha value is -2.12. The molecule has 1 fully saturated rings. The van der Waals surface area contributed by atoms with E-state index in [1.807, 2.05) is 23.6 Å². The zero-order chi connectivity index (χ0) is 18.4. The van der Waals surface area contributed by atoms with Gasteiger partial charge in [-0.05, 0) is 44.1 Å². The van der Waals surface area contributed by atoms with E-state index < -0.39 is 0 Å². The van der Waals surface area contributed by atoms with Crippen molar-refractivity contribution in [3.8, 4) is 22.8 Å². The number of amides is 1. The molecule has 0 atom stereocenters. The molecular formula is C19H25N3O3S. The van der Waals surface area contributed by atoms with Crippen molar-refractivity contribution >= 4 is 22.4 Å². The molecule has 1 aliphatic heterocycles. The van der Waals surface area contributed by atoms with Gasteiger partial charge in [-0.25, -0.2) is 4.98 Å². The standard InChI is InChI=1S/C19H25N3O3S/c1-24-14-7-8-17(25-2)15(11-14)16-13-26-19(20-16)21-18(23)12-22-9-5-3-4-6-10-22/h7-8,11,13H,3-6,9-10,12H2,1-2H3,(H,20,21,23). The Morgan fingerprint density at radius 3 is 2.65 bits per heavy atom. The Kier molecular flexibility index (Phi) is 6.46. The summed E-state index contributed by atoms with van der Waals surface area (Å²) in [6.45, 7) is 2.42. The normalized spacial score (nSPS) is 15.3. The Balaban J connectivity index is 1.67. The van der Waals surface area contributed by atoms with E-state index in [9.17, 15) is 4.79 Å². The minimum absolute atomic E-state index is 0.00888. The maximum Gasteiger partial charge on any atom is 0.240 e. The number of thiazole rings is 1. The first-order valence-electron chi connectivity index (χ1n) is 8.89. The topological polar surface area (TPSA) is 63.7 Å². The van der Waals surface area contributed by atoms with Crippen molar-refractivity contribution in [2.45, 2.75) is 25.7 Å². The average molecular weight is 375 g/mol. The lowest BCUT2D eigenvalue weighted by molar-refractivity contribution is -0.117. The van der Waals surface area contributed by atoms with Crippen LogP contribution >= 0.6 is 11.3 Å². The lowest BCUT2D eigenvalue weighted by Gasteiger charge is -2.18. The van der Waals surface area contributed by atoms with E-state index in [4.69, 9.17) is 9.47 Å². The van der Waals surface area contributed by atoms with Gasteiger partial charge in [-0.1, -0.05) is 12.8 Å². The highest BCUT2D eigenvalue weighted by molar-refractivity contribution is 7.14. The Morgan fingerprint density at radius 2 is 1.96 bits per heavy atom. The van der Waals surface area contributed by atoms with Crippen LogP contribution in [0.25, 0.3) is 11.3 Å². The number of rotatable bonds is 6. The van der Waals surface area contributed by atoms with E-state index in [-0.39, 0.29) is 5.91 Å². The number of benzene rings is 1. The molecule has 1 aromatic carbocycles. The number of aromatic nitrogens is 1. The van der Waals surface area contributed by atoms with Crippen LogP contribution in [0.2, 0.25) is 0 Å². The third-order valence-corrected chi connectivity index (χ3v) is 5.26.